The van der Waals surface area contributed by atoms with E-state index in [1.54, 1.807) is 6.08 Å². The van der Waals surface area contributed by atoms with Crippen LogP contribution in [0.3, 0.4) is 0 Å². The minimum absolute atomic E-state index is 0. The molecule has 124 valence electrons. The largest absolute Gasteiger partial charge is 0.456 e. The van der Waals surface area contributed by atoms with Gasteiger partial charge in [-0.15, -0.1) is 12.4 Å². The molecule has 1 aliphatic heterocycles. The van der Waals surface area contributed by atoms with Gasteiger partial charge in [0, 0.05) is 41.7 Å². The van der Waals surface area contributed by atoms with E-state index in [0.29, 0.717) is 6.54 Å². The summed E-state index contributed by atoms with van der Waals surface area (Å²) in [7, 11) is 2.08. The van der Waals surface area contributed by atoms with E-state index >= 15 is 0 Å². The third-order valence-corrected chi connectivity index (χ3v) is 4.30. The van der Waals surface area contributed by atoms with E-state index in [1.807, 2.05) is 19.1 Å². The highest BCUT2D eigenvalue weighted by atomic mass is 35.5. The van der Waals surface area contributed by atoms with Gasteiger partial charge >= 0.3 is 0 Å². The molecule has 3 rings (SSSR count). The number of carbonyl (C=O) groups is 1. The van der Waals surface area contributed by atoms with Gasteiger partial charge in [-0.05, 0) is 44.2 Å². The fraction of sp³-hybridized carbons (Fsp3) is 0.353. The average molecular weight is 355 g/mol. The SMILES string of the molecule is CCNC(=O)/C=C/c1oc2ccc(Cl)c3c2c1CN(C)CC3.Cl. The van der Waals surface area contributed by atoms with Crippen molar-refractivity contribution >= 4 is 47.0 Å². The second kappa shape index (κ2) is 7.39. The van der Waals surface area contributed by atoms with Gasteiger partial charge in [0.05, 0.1) is 0 Å². The Bertz CT molecular complexity index is 753. The first-order valence-corrected chi connectivity index (χ1v) is 7.85. The Hall–Kier alpha value is -1.49. The summed E-state index contributed by atoms with van der Waals surface area (Å²) in [6.45, 7) is 4.24. The second-order valence-electron chi connectivity index (χ2n) is 5.56. The van der Waals surface area contributed by atoms with E-state index < -0.39 is 0 Å². The van der Waals surface area contributed by atoms with E-state index in [0.717, 1.165) is 52.4 Å². The molecule has 2 aromatic rings. The summed E-state index contributed by atoms with van der Waals surface area (Å²) in [6, 6.07) is 3.79. The molecule has 1 N–H and O–H groups in total. The van der Waals surface area contributed by atoms with Crippen molar-refractivity contribution in [1.29, 1.82) is 0 Å². The summed E-state index contributed by atoms with van der Waals surface area (Å²) in [4.78, 5) is 13.9. The molecular formula is C17H20Cl2N2O2. The van der Waals surface area contributed by atoms with Crippen LogP contribution in [0.4, 0.5) is 0 Å². The smallest absolute Gasteiger partial charge is 0.244 e. The molecule has 0 unspecified atom stereocenters. The number of hydrogen-bond acceptors (Lipinski definition) is 3. The highest BCUT2D eigenvalue weighted by Crippen LogP contribution is 2.36. The number of hydrogen-bond donors (Lipinski definition) is 1. The van der Waals surface area contributed by atoms with Crippen LogP contribution in [0, 0.1) is 0 Å². The standard InChI is InChI=1S/C17H19ClN2O2.ClH/c1-3-19-16(21)7-6-14-12-10-20(2)9-8-11-13(18)4-5-15(22-14)17(11)12;/h4-7H,3,8-10H2,1-2H3,(H,19,21);1H/b7-6+;. The van der Waals surface area contributed by atoms with Crippen molar-refractivity contribution < 1.29 is 9.21 Å². The molecule has 0 fully saturated rings. The van der Waals surface area contributed by atoms with Gasteiger partial charge in [-0.2, -0.15) is 0 Å². The van der Waals surface area contributed by atoms with Crippen LogP contribution in [0.25, 0.3) is 17.0 Å². The van der Waals surface area contributed by atoms with Crippen molar-refractivity contribution in [3.8, 4) is 0 Å². The van der Waals surface area contributed by atoms with Crippen LogP contribution in [0.2, 0.25) is 5.02 Å². The topological polar surface area (TPSA) is 45.5 Å². The lowest BCUT2D eigenvalue weighted by Gasteiger charge is -2.12. The van der Waals surface area contributed by atoms with Crippen molar-refractivity contribution in [3.63, 3.8) is 0 Å². The average Bonchev–Trinajstić information content (AvgIpc) is 2.71. The summed E-state index contributed by atoms with van der Waals surface area (Å²) in [5.74, 6) is 0.619. The quantitative estimate of drug-likeness (QED) is 0.855. The van der Waals surface area contributed by atoms with Gasteiger partial charge in [0.2, 0.25) is 5.91 Å². The Morgan fingerprint density at radius 3 is 2.96 bits per heavy atom. The summed E-state index contributed by atoms with van der Waals surface area (Å²) in [6.07, 6.45) is 4.17. The maximum atomic E-state index is 11.6. The lowest BCUT2D eigenvalue weighted by Crippen LogP contribution is -2.20. The molecule has 0 saturated carbocycles. The zero-order chi connectivity index (χ0) is 15.7. The Balaban J connectivity index is 0.00000192. The Kier molecular flexibility index (Phi) is 5.74. The van der Waals surface area contributed by atoms with E-state index in [4.69, 9.17) is 16.0 Å². The molecule has 1 aromatic heterocycles. The molecule has 0 saturated heterocycles. The van der Waals surface area contributed by atoms with Gasteiger partial charge in [0.1, 0.15) is 11.3 Å². The van der Waals surface area contributed by atoms with Crippen molar-refractivity contribution in [2.75, 3.05) is 20.1 Å². The monoisotopic (exact) mass is 354 g/mol. The van der Waals surface area contributed by atoms with Gasteiger partial charge in [0.25, 0.3) is 0 Å². The zero-order valence-corrected chi connectivity index (χ0v) is 14.8. The fourth-order valence-corrected chi connectivity index (χ4v) is 3.14. The van der Waals surface area contributed by atoms with Crippen LogP contribution in [0.15, 0.2) is 22.6 Å². The number of furan rings is 1. The molecule has 0 bridgehead atoms. The van der Waals surface area contributed by atoms with Crippen molar-refractivity contribution in [1.82, 2.24) is 10.2 Å². The van der Waals surface area contributed by atoms with E-state index in [2.05, 4.69) is 17.3 Å². The first kappa shape index (κ1) is 17.9. The lowest BCUT2D eigenvalue weighted by atomic mass is 10.0. The van der Waals surface area contributed by atoms with Gasteiger partial charge < -0.3 is 14.6 Å². The third kappa shape index (κ3) is 3.55. The van der Waals surface area contributed by atoms with E-state index in [1.165, 1.54) is 6.08 Å². The minimum Gasteiger partial charge on any atom is -0.456 e. The van der Waals surface area contributed by atoms with Crippen LogP contribution in [0.5, 0.6) is 0 Å². The Morgan fingerprint density at radius 2 is 2.22 bits per heavy atom. The molecule has 1 aromatic carbocycles. The van der Waals surface area contributed by atoms with Crippen molar-refractivity contribution in [2.24, 2.45) is 0 Å². The lowest BCUT2D eigenvalue weighted by molar-refractivity contribution is -0.116. The molecule has 23 heavy (non-hydrogen) atoms. The number of amides is 1. The van der Waals surface area contributed by atoms with Crippen LogP contribution in [-0.4, -0.2) is 30.9 Å². The summed E-state index contributed by atoms with van der Waals surface area (Å²) >= 11 is 6.37. The van der Waals surface area contributed by atoms with Gasteiger partial charge in [-0.3, -0.25) is 4.79 Å². The molecule has 0 atom stereocenters. The number of rotatable bonds is 3. The number of carbonyl (C=O) groups excluding carboxylic acids is 1. The maximum Gasteiger partial charge on any atom is 0.244 e. The number of nitrogens with zero attached hydrogens (tertiary/aromatic N) is 1. The highest BCUT2D eigenvalue weighted by molar-refractivity contribution is 6.32. The number of likely N-dealkylation sites (N-methyl/N-ethyl adjacent to an activating group) is 2. The van der Waals surface area contributed by atoms with Crippen LogP contribution in [0.1, 0.15) is 23.8 Å². The predicted molar refractivity (Wildman–Crippen MR) is 96.2 cm³/mol. The van der Waals surface area contributed by atoms with Crippen LogP contribution < -0.4 is 5.32 Å². The molecule has 6 heteroatoms. The number of halogens is 2. The first-order chi connectivity index (χ1) is 10.6. The molecule has 2 heterocycles. The summed E-state index contributed by atoms with van der Waals surface area (Å²) in [5, 5.41) is 4.63. The molecule has 1 amide bonds. The number of nitrogens with one attached hydrogen (secondary N) is 1. The highest BCUT2D eigenvalue weighted by Gasteiger charge is 2.22. The molecule has 4 nitrogen and oxygen atoms in total. The summed E-state index contributed by atoms with van der Waals surface area (Å²) < 4.78 is 5.95. The summed E-state index contributed by atoms with van der Waals surface area (Å²) in [5.41, 5.74) is 3.08. The van der Waals surface area contributed by atoms with Gasteiger partial charge in [-0.25, -0.2) is 0 Å². The van der Waals surface area contributed by atoms with Crippen LogP contribution in [-0.2, 0) is 17.8 Å². The fourth-order valence-electron chi connectivity index (χ4n) is 2.89. The first-order valence-electron chi connectivity index (χ1n) is 7.47. The molecule has 0 spiro atoms. The molecular weight excluding hydrogens is 335 g/mol. The van der Waals surface area contributed by atoms with Gasteiger partial charge in [0.15, 0.2) is 0 Å². The Labute approximate surface area is 146 Å². The Morgan fingerprint density at radius 1 is 1.43 bits per heavy atom. The van der Waals surface area contributed by atoms with Crippen molar-refractivity contribution in [3.05, 3.63) is 40.1 Å². The number of benzene rings is 1. The van der Waals surface area contributed by atoms with Crippen molar-refractivity contribution in [2.45, 2.75) is 19.9 Å². The van der Waals surface area contributed by atoms with E-state index in [9.17, 15) is 4.79 Å². The maximum absolute atomic E-state index is 11.6. The van der Waals surface area contributed by atoms with E-state index in [-0.39, 0.29) is 18.3 Å². The third-order valence-electron chi connectivity index (χ3n) is 3.95. The van der Waals surface area contributed by atoms with Gasteiger partial charge in [-0.1, -0.05) is 11.6 Å². The predicted octanol–water partition coefficient (Wildman–Crippen LogP) is 3.65. The minimum atomic E-state index is -0.115. The van der Waals surface area contributed by atoms with Crippen LogP contribution >= 0.6 is 24.0 Å². The molecule has 0 radical (unpaired) electrons. The molecule has 0 aliphatic carbocycles. The normalized spacial score (nSPS) is 14.7. The molecule has 1 aliphatic rings. The zero-order valence-electron chi connectivity index (χ0n) is 13.2. The second-order valence-corrected chi connectivity index (χ2v) is 5.97.